The first-order valence-electron chi connectivity index (χ1n) is 16.2. The summed E-state index contributed by atoms with van der Waals surface area (Å²) >= 11 is 0. The lowest BCUT2D eigenvalue weighted by Crippen LogP contribution is -2.69. The van der Waals surface area contributed by atoms with Gasteiger partial charge in [-0.05, 0) is 48.3 Å². The molecule has 2 N–H and O–H groups in total. The molecule has 2 aromatic rings. The summed E-state index contributed by atoms with van der Waals surface area (Å²) < 4.78 is 7.54. The van der Waals surface area contributed by atoms with Crippen LogP contribution in [0.3, 0.4) is 0 Å². The summed E-state index contributed by atoms with van der Waals surface area (Å²) in [6.07, 6.45) is 10.1. The van der Waals surface area contributed by atoms with E-state index in [9.17, 15) is 14.4 Å². The molecule has 3 aliphatic carbocycles. The van der Waals surface area contributed by atoms with Crippen molar-refractivity contribution in [1.82, 2.24) is 24.9 Å². The molecule has 1 aromatic heterocycles. The number of ether oxygens (including phenoxy) is 1. The molecule has 7 rings (SSSR count). The van der Waals surface area contributed by atoms with Gasteiger partial charge in [0.15, 0.2) is 0 Å². The Bertz CT molecular complexity index is 1450. The number of hydrogen-bond donors (Lipinski definition) is 2. The number of likely N-dealkylation sites (tertiary alicyclic amines) is 1. The molecule has 0 bridgehead atoms. The maximum absolute atomic E-state index is 14.8. The van der Waals surface area contributed by atoms with Crippen molar-refractivity contribution < 1.29 is 19.1 Å². The molecule has 5 fully saturated rings. The molecular weight excluding hydrogens is 542 g/mol. The Balaban J connectivity index is 1.22. The average Bonchev–Trinajstić information content (AvgIpc) is 3.28. The van der Waals surface area contributed by atoms with Crippen LogP contribution in [0, 0.1) is 22.7 Å². The van der Waals surface area contributed by atoms with E-state index in [4.69, 9.17) is 4.74 Å². The average molecular weight is 589 g/mol. The van der Waals surface area contributed by atoms with E-state index in [1.54, 1.807) is 24.0 Å². The predicted octanol–water partition coefficient (Wildman–Crippen LogP) is 3.86. The second kappa shape index (κ2) is 9.99. The Morgan fingerprint density at radius 3 is 2.53 bits per heavy atom. The number of piperidine rings is 1. The van der Waals surface area contributed by atoms with Gasteiger partial charge in [-0.2, -0.15) is 5.10 Å². The predicted molar refractivity (Wildman–Crippen MR) is 163 cm³/mol. The zero-order valence-electron chi connectivity index (χ0n) is 26.0. The van der Waals surface area contributed by atoms with Gasteiger partial charge in [0, 0.05) is 50.2 Å². The molecular formula is C34H46N5O4+. The van der Waals surface area contributed by atoms with Crippen LogP contribution in [0.4, 0.5) is 5.69 Å². The first-order chi connectivity index (χ1) is 20.5. The van der Waals surface area contributed by atoms with E-state index in [1.165, 1.54) is 12.8 Å². The monoisotopic (exact) mass is 588 g/mol. The zero-order valence-corrected chi connectivity index (χ0v) is 26.0. The molecule has 9 nitrogen and oxygen atoms in total. The molecule has 5 aliphatic rings. The number of likely N-dealkylation sites (N-methyl/N-ethyl adjacent to an activating group) is 1. The zero-order chi connectivity index (χ0) is 30.2. The molecule has 6 atom stereocenters. The van der Waals surface area contributed by atoms with Crippen molar-refractivity contribution in [3.8, 4) is 0 Å². The fourth-order valence-corrected chi connectivity index (χ4v) is 8.96. The Hall–Kier alpha value is -3.04. The smallest absolute Gasteiger partial charge is 0.341 e. The summed E-state index contributed by atoms with van der Waals surface area (Å²) in [5.74, 6) is 0.341. The molecule has 1 aromatic carbocycles. The largest absolute Gasteiger partial charge is 0.380 e. The van der Waals surface area contributed by atoms with Crippen molar-refractivity contribution >= 4 is 23.4 Å². The number of quaternary nitrogens is 1. The van der Waals surface area contributed by atoms with Crippen LogP contribution in [0.1, 0.15) is 81.3 Å². The number of fused-ring (bicyclic) bond motifs is 1. The second-order valence-electron chi connectivity index (χ2n) is 14.9. The Kier molecular flexibility index (Phi) is 6.67. The highest BCUT2D eigenvalue weighted by Gasteiger charge is 2.75. The number of carbonyl (C=O) groups excluding carboxylic acids is 3. The van der Waals surface area contributed by atoms with Gasteiger partial charge in [0.2, 0.25) is 5.91 Å². The van der Waals surface area contributed by atoms with Crippen molar-refractivity contribution in [3.63, 3.8) is 0 Å². The molecule has 2 saturated heterocycles. The van der Waals surface area contributed by atoms with Crippen LogP contribution in [0.5, 0.6) is 0 Å². The van der Waals surface area contributed by atoms with Gasteiger partial charge >= 0.3 is 5.91 Å². The fraction of sp³-hybridized carbons (Fsp3) is 0.647. The lowest BCUT2D eigenvalue weighted by atomic mass is 9.64. The van der Waals surface area contributed by atoms with Crippen LogP contribution in [0.25, 0.3) is 0 Å². The summed E-state index contributed by atoms with van der Waals surface area (Å²) in [5, 5.41) is 10.7. The lowest BCUT2D eigenvalue weighted by Gasteiger charge is -2.49. The fourth-order valence-electron chi connectivity index (χ4n) is 8.96. The Labute approximate surface area is 254 Å². The van der Waals surface area contributed by atoms with Crippen molar-refractivity contribution in [1.29, 1.82) is 0 Å². The van der Waals surface area contributed by atoms with Crippen LogP contribution in [-0.2, 0) is 26.8 Å². The number of carbonyl (C=O) groups is 3. The number of nitrogens with one attached hydrogen (secondary N) is 2. The topological polar surface area (TPSA) is 102 Å². The van der Waals surface area contributed by atoms with Crippen LogP contribution >= 0.6 is 0 Å². The first kappa shape index (κ1) is 28.7. The third kappa shape index (κ3) is 4.32. The van der Waals surface area contributed by atoms with Gasteiger partial charge in [-0.15, -0.1) is 0 Å². The van der Waals surface area contributed by atoms with Crippen LogP contribution in [0.15, 0.2) is 36.5 Å². The molecule has 43 heavy (non-hydrogen) atoms. The normalized spacial score (nSPS) is 36.3. The summed E-state index contributed by atoms with van der Waals surface area (Å²) in [5.41, 5.74) is 1.59. The van der Waals surface area contributed by atoms with Crippen LogP contribution < -0.4 is 15.1 Å². The number of aryl methyl sites for hydroxylation is 1. The van der Waals surface area contributed by atoms with Gasteiger partial charge in [-0.3, -0.25) is 14.3 Å². The third-order valence-electron chi connectivity index (χ3n) is 12.3. The molecule has 0 spiro atoms. The van der Waals surface area contributed by atoms with E-state index in [0.29, 0.717) is 37.8 Å². The molecule has 2 aliphatic heterocycles. The van der Waals surface area contributed by atoms with Gasteiger partial charge in [0.05, 0.1) is 19.1 Å². The highest BCUT2D eigenvalue weighted by Crippen LogP contribution is 2.66. The molecule has 230 valence electrons. The minimum atomic E-state index is -0.775. The maximum Gasteiger partial charge on any atom is 0.341 e. The van der Waals surface area contributed by atoms with Crippen LogP contribution in [0.2, 0.25) is 0 Å². The first-order valence-corrected chi connectivity index (χ1v) is 16.2. The van der Waals surface area contributed by atoms with Crippen molar-refractivity contribution in [2.45, 2.75) is 82.7 Å². The highest BCUT2D eigenvalue weighted by atomic mass is 16.5. The molecule has 0 radical (unpaired) electrons. The van der Waals surface area contributed by atoms with Crippen molar-refractivity contribution in [2.24, 2.45) is 29.7 Å². The van der Waals surface area contributed by atoms with Crippen molar-refractivity contribution in [2.75, 3.05) is 26.8 Å². The minimum absolute atomic E-state index is 0.0190. The molecule has 9 heteroatoms. The van der Waals surface area contributed by atoms with Gasteiger partial charge in [-0.25, -0.2) is 9.28 Å². The number of aromatic nitrogens is 2. The van der Waals surface area contributed by atoms with Gasteiger partial charge < -0.3 is 15.4 Å². The number of benzene rings is 1. The van der Waals surface area contributed by atoms with E-state index >= 15 is 0 Å². The van der Waals surface area contributed by atoms with Gasteiger partial charge in [0.1, 0.15) is 23.5 Å². The summed E-state index contributed by atoms with van der Waals surface area (Å²) in [4.78, 5) is 42.2. The maximum atomic E-state index is 14.8. The quantitative estimate of drug-likeness (QED) is 0.456. The molecule has 3 amide bonds. The third-order valence-corrected chi connectivity index (χ3v) is 12.3. The molecule has 3 heterocycles. The van der Waals surface area contributed by atoms with Gasteiger partial charge in [-0.1, -0.05) is 51.7 Å². The summed E-state index contributed by atoms with van der Waals surface area (Å²) in [7, 11) is 3.77. The Morgan fingerprint density at radius 1 is 1.14 bits per heavy atom. The standard InChI is InChI=1S/C34H45N5O4/c1-32(13-7-14-32)20-35-31(42)34(15-17-43-21-34)23-10-6-11-24(18-23)39(4)26-19-33(26,2)27(22-8-5-9-22)28(30(39)41)37-29(40)25-12-16-36-38(25)3/h6,10-12,16,18,22,26-28H,5,7-9,13-15,17,19-21H2,1-4H3,(H-,35,37,40,42)/p+1/t26?,27?,28-,33?,34?,39?/m0/s1. The number of rotatable bonds is 8. The summed E-state index contributed by atoms with van der Waals surface area (Å²) in [6, 6.07) is 9.35. The SMILES string of the molecule is Cn1nccc1C(=O)N[C@@H]1C(=O)[N+](C)(c2cccc(C3(C(=O)NCC4(C)CCC4)CCOC3)c2)C2CC2(C)C1C1CCC1. The molecule has 5 unspecified atom stereocenters. The molecule has 3 saturated carbocycles. The van der Waals surface area contributed by atoms with Crippen molar-refractivity contribution in [3.05, 3.63) is 47.8 Å². The van der Waals surface area contributed by atoms with E-state index < -0.39 is 11.5 Å². The second-order valence-corrected chi connectivity index (χ2v) is 14.9. The van der Waals surface area contributed by atoms with E-state index in [1.807, 2.05) is 25.2 Å². The number of hydrogen-bond acceptors (Lipinski definition) is 5. The van der Waals surface area contributed by atoms with Gasteiger partial charge in [0.25, 0.3) is 5.91 Å². The van der Waals surface area contributed by atoms with E-state index in [2.05, 4.69) is 35.6 Å². The summed E-state index contributed by atoms with van der Waals surface area (Å²) in [6.45, 7) is 6.12. The number of amides is 3. The lowest BCUT2D eigenvalue weighted by molar-refractivity contribution is -0.140. The minimum Gasteiger partial charge on any atom is -0.380 e. The number of nitrogens with zero attached hydrogens (tertiary/aromatic N) is 3. The Morgan fingerprint density at radius 2 is 1.93 bits per heavy atom. The van der Waals surface area contributed by atoms with E-state index in [0.717, 1.165) is 43.4 Å². The van der Waals surface area contributed by atoms with Crippen LogP contribution in [-0.4, -0.2) is 66.4 Å². The highest BCUT2D eigenvalue weighted by molar-refractivity contribution is 6.01. The van der Waals surface area contributed by atoms with E-state index in [-0.39, 0.29) is 45.0 Å².